The zero-order valence-corrected chi connectivity index (χ0v) is 9.80. The van der Waals surface area contributed by atoms with Crippen LogP contribution in [0.2, 0.25) is 0 Å². The summed E-state index contributed by atoms with van der Waals surface area (Å²) in [5.41, 5.74) is 3.08. The number of nitrogens with zero attached hydrogens (tertiary/aromatic N) is 1. The molecule has 0 aromatic heterocycles. The van der Waals surface area contributed by atoms with Gasteiger partial charge in [-0.15, -0.1) is 0 Å². The van der Waals surface area contributed by atoms with Gasteiger partial charge in [-0.1, -0.05) is 60.7 Å². The monoisotopic (exact) mass is 229 g/mol. The van der Waals surface area contributed by atoms with Crippen LogP contribution in [0.15, 0.2) is 66.7 Å². The molecule has 3 aromatic rings. The van der Waals surface area contributed by atoms with E-state index in [0.717, 1.165) is 16.3 Å². The van der Waals surface area contributed by atoms with E-state index in [9.17, 15) is 0 Å². The van der Waals surface area contributed by atoms with Crippen LogP contribution >= 0.6 is 0 Å². The van der Waals surface area contributed by atoms with Crippen LogP contribution < -0.4 is 0 Å². The van der Waals surface area contributed by atoms with Gasteiger partial charge in [0.05, 0.1) is 11.6 Å². The summed E-state index contributed by atoms with van der Waals surface area (Å²) in [5, 5.41) is 11.3. The molecule has 0 N–H and O–H groups in total. The first-order valence-corrected chi connectivity index (χ1v) is 5.87. The summed E-state index contributed by atoms with van der Waals surface area (Å²) in [6.07, 6.45) is 0. The van der Waals surface area contributed by atoms with Gasteiger partial charge in [0.25, 0.3) is 0 Å². The first-order chi connectivity index (χ1) is 8.90. The van der Waals surface area contributed by atoms with Gasteiger partial charge in [0.1, 0.15) is 0 Å². The number of rotatable bonds is 1. The Morgan fingerprint density at radius 3 is 2.06 bits per heavy atom. The molecule has 0 fully saturated rings. The third-order valence-electron chi connectivity index (χ3n) is 3.13. The van der Waals surface area contributed by atoms with Gasteiger partial charge in [-0.05, 0) is 22.6 Å². The van der Waals surface area contributed by atoms with Crippen LogP contribution in [0.25, 0.3) is 21.9 Å². The molecule has 18 heavy (non-hydrogen) atoms. The van der Waals surface area contributed by atoms with Crippen LogP contribution in [0.4, 0.5) is 0 Å². The molecule has 0 aliphatic carbocycles. The molecule has 0 spiro atoms. The van der Waals surface area contributed by atoms with Gasteiger partial charge in [-0.3, -0.25) is 0 Å². The fourth-order valence-electron chi connectivity index (χ4n) is 2.27. The first-order valence-electron chi connectivity index (χ1n) is 5.87. The molecule has 0 atom stereocenters. The number of fused-ring (bicyclic) bond motifs is 1. The number of hydrogen-bond donors (Lipinski definition) is 0. The molecule has 0 aliphatic heterocycles. The van der Waals surface area contributed by atoms with Crippen molar-refractivity contribution in [3.8, 4) is 17.2 Å². The molecule has 0 saturated heterocycles. The predicted molar refractivity (Wildman–Crippen MR) is 74.1 cm³/mol. The van der Waals surface area contributed by atoms with Crippen molar-refractivity contribution < 1.29 is 0 Å². The summed E-state index contributed by atoms with van der Waals surface area (Å²) in [7, 11) is 0. The minimum absolute atomic E-state index is 0.727. The van der Waals surface area contributed by atoms with E-state index in [-0.39, 0.29) is 0 Å². The zero-order valence-electron chi connectivity index (χ0n) is 9.80. The van der Waals surface area contributed by atoms with E-state index in [4.69, 9.17) is 5.26 Å². The molecule has 1 heteroatoms. The Labute approximate surface area is 106 Å². The van der Waals surface area contributed by atoms with E-state index in [1.54, 1.807) is 0 Å². The lowest BCUT2D eigenvalue weighted by Gasteiger charge is -2.07. The van der Waals surface area contributed by atoms with Crippen molar-refractivity contribution >= 4 is 10.8 Å². The van der Waals surface area contributed by atoms with Crippen LogP contribution in [0.1, 0.15) is 5.56 Å². The summed E-state index contributed by atoms with van der Waals surface area (Å²) in [4.78, 5) is 0. The van der Waals surface area contributed by atoms with Crippen molar-refractivity contribution in [2.45, 2.75) is 0 Å². The molecule has 0 saturated carbocycles. The Morgan fingerprint density at radius 1 is 0.667 bits per heavy atom. The Hall–Kier alpha value is -2.59. The van der Waals surface area contributed by atoms with E-state index in [1.807, 2.05) is 48.5 Å². The Morgan fingerprint density at radius 2 is 1.33 bits per heavy atom. The second kappa shape index (κ2) is 4.35. The van der Waals surface area contributed by atoms with Crippen LogP contribution in [0, 0.1) is 11.3 Å². The molecule has 3 rings (SSSR count). The summed E-state index contributed by atoms with van der Waals surface area (Å²) < 4.78 is 0. The molecule has 3 aromatic carbocycles. The number of nitriles is 1. The lowest BCUT2D eigenvalue weighted by Crippen LogP contribution is -1.84. The molecule has 0 heterocycles. The molecule has 0 bridgehead atoms. The second-order valence-corrected chi connectivity index (χ2v) is 4.18. The smallest absolute Gasteiger partial charge is 0.0998 e. The fraction of sp³-hybridized carbons (Fsp3) is 0. The highest BCUT2D eigenvalue weighted by Gasteiger charge is 2.06. The maximum absolute atomic E-state index is 9.15. The van der Waals surface area contributed by atoms with E-state index in [0.29, 0.717) is 0 Å². The molecule has 0 radical (unpaired) electrons. The molecule has 1 nitrogen and oxygen atoms in total. The van der Waals surface area contributed by atoms with Crippen molar-refractivity contribution in [2.24, 2.45) is 0 Å². The number of hydrogen-bond acceptors (Lipinski definition) is 1. The first kappa shape index (κ1) is 10.6. The van der Waals surface area contributed by atoms with E-state index >= 15 is 0 Å². The molecule has 0 unspecified atom stereocenters. The average Bonchev–Trinajstić information content (AvgIpc) is 2.47. The van der Waals surface area contributed by atoms with Crippen molar-refractivity contribution in [1.82, 2.24) is 0 Å². The van der Waals surface area contributed by atoms with Crippen molar-refractivity contribution in [2.75, 3.05) is 0 Å². The van der Waals surface area contributed by atoms with Gasteiger partial charge in [0.15, 0.2) is 0 Å². The van der Waals surface area contributed by atoms with Gasteiger partial charge in [0.2, 0.25) is 0 Å². The third kappa shape index (κ3) is 1.65. The maximum atomic E-state index is 9.15. The van der Waals surface area contributed by atoms with Gasteiger partial charge in [-0.25, -0.2) is 0 Å². The lowest BCUT2D eigenvalue weighted by molar-refractivity contribution is 1.50. The zero-order chi connectivity index (χ0) is 12.4. The van der Waals surface area contributed by atoms with Gasteiger partial charge in [0, 0.05) is 5.39 Å². The molecule has 84 valence electrons. The van der Waals surface area contributed by atoms with Crippen LogP contribution in [-0.4, -0.2) is 0 Å². The molecule has 0 aliphatic rings. The Balaban J connectivity index is 2.36. The minimum atomic E-state index is 0.727. The SMILES string of the molecule is N#Cc1ccc(-c2ccccc2)c2ccccc12. The maximum Gasteiger partial charge on any atom is 0.0998 e. The van der Waals surface area contributed by atoms with Gasteiger partial charge >= 0.3 is 0 Å². The normalized spacial score (nSPS) is 10.2. The summed E-state index contributed by atoms with van der Waals surface area (Å²) in [6, 6.07) is 24.5. The van der Waals surface area contributed by atoms with Gasteiger partial charge < -0.3 is 0 Å². The highest BCUT2D eigenvalue weighted by Crippen LogP contribution is 2.30. The standard InChI is InChI=1S/C17H11N/c18-12-14-10-11-16(13-6-2-1-3-7-13)17-9-5-4-8-15(14)17/h1-11H. The van der Waals surface area contributed by atoms with Crippen molar-refractivity contribution in [3.05, 3.63) is 72.3 Å². The lowest BCUT2D eigenvalue weighted by atomic mass is 9.95. The van der Waals surface area contributed by atoms with E-state index in [1.165, 1.54) is 11.1 Å². The van der Waals surface area contributed by atoms with E-state index < -0.39 is 0 Å². The van der Waals surface area contributed by atoms with Gasteiger partial charge in [-0.2, -0.15) is 5.26 Å². The Bertz CT molecular complexity index is 736. The van der Waals surface area contributed by atoms with Crippen LogP contribution in [0.3, 0.4) is 0 Å². The quantitative estimate of drug-likeness (QED) is 0.607. The van der Waals surface area contributed by atoms with Crippen LogP contribution in [-0.2, 0) is 0 Å². The fourth-order valence-corrected chi connectivity index (χ4v) is 2.27. The highest BCUT2D eigenvalue weighted by atomic mass is 14.2. The molecular weight excluding hydrogens is 218 g/mol. The summed E-state index contributed by atoms with van der Waals surface area (Å²) in [5.74, 6) is 0. The average molecular weight is 229 g/mol. The highest BCUT2D eigenvalue weighted by molar-refractivity contribution is 5.99. The Kier molecular flexibility index (Phi) is 2.55. The topological polar surface area (TPSA) is 23.8 Å². The third-order valence-corrected chi connectivity index (χ3v) is 3.13. The minimum Gasteiger partial charge on any atom is -0.192 e. The molecular formula is C17H11N. The summed E-state index contributed by atoms with van der Waals surface area (Å²) in [6.45, 7) is 0. The predicted octanol–water partition coefficient (Wildman–Crippen LogP) is 4.38. The van der Waals surface area contributed by atoms with Crippen molar-refractivity contribution in [1.29, 1.82) is 5.26 Å². The molecule has 0 amide bonds. The van der Waals surface area contributed by atoms with Crippen molar-refractivity contribution in [3.63, 3.8) is 0 Å². The number of benzene rings is 3. The van der Waals surface area contributed by atoms with Crippen LogP contribution in [0.5, 0.6) is 0 Å². The van der Waals surface area contributed by atoms with E-state index in [2.05, 4.69) is 24.3 Å². The summed E-state index contributed by atoms with van der Waals surface area (Å²) >= 11 is 0. The largest absolute Gasteiger partial charge is 0.192 e. The second-order valence-electron chi connectivity index (χ2n) is 4.18.